The maximum Gasteiger partial charge on any atom is 0.267 e. The fourth-order valence-electron chi connectivity index (χ4n) is 2.88. The van der Waals surface area contributed by atoms with Crippen LogP contribution in [0.2, 0.25) is 0 Å². The average Bonchev–Trinajstić information content (AvgIpc) is 3.02. The highest BCUT2D eigenvalue weighted by Gasteiger charge is 2.35. The minimum absolute atomic E-state index is 0.0948. The van der Waals surface area contributed by atoms with Crippen LogP contribution in [-0.4, -0.2) is 36.9 Å². The van der Waals surface area contributed by atoms with E-state index in [1.54, 1.807) is 31.3 Å². The van der Waals surface area contributed by atoms with Gasteiger partial charge in [0.25, 0.3) is 10.0 Å². The summed E-state index contributed by atoms with van der Waals surface area (Å²) in [5.74, 6) is 0.313. The molecular weight excluding hydrogens is 332 g/mol. The van der Waals surface area contributed by atoms with Gasteiger partial charge in [-0.15, -0.1) is 0 Å². The van der Waals surface area contributed by atoms with Crippen LogP contribution in [0.4, 0.5) is 5.69 Å². The van der Waals surface area contributed by atoms with E-state index in [1.807, 2.05) is 6.92 Å². The first kappa shape index (κ1) is 14.9. The number of hydrogen-bond acceptors (Lipinski definition) is 7. The van der Waals surface area contributed by atoms with Crippen molar-refractivity contribution in [3.63, 3.8) is 0 Å². The van der Waals surface area contributed by atoms with Crippen LogP contribution in [0.15, 0.2) is 33.9 Å². The summed E-state index contributed by atoms with van der Waals surface area (Å²) in [7, 11) is -3.87. The molecule has 1 aliphatic rings. The number of aromatic nitrogens is 3. The Kier molecular flexibility index (Phi) is 3.20. The third-order valence-corrected chi connectivity index (χ3v) is 5.98. The smallest absolute Gasteiger partial charge is 0.267 e. The van der Waals surface area contributed by atoms with E-state index in [-0.39, 0.29) is 23.6 Å². The van der Waals surface area contributed by atoms with Crippen LogP contribution in [0.3, 0.4) is 0 Å². The summed E-state index contributed by atoms with van der Waals surface area (Å²) in [4.78, 5) is 4.23. The van der Waals surface area contributed by atoms with Gasteiger partial charge >= 0.3 is 0 Å². The molecule has 0 saturated carbocycles. The Morgan fingerprint density at radius 1 is 1.12 bits per heavy atom. The third kappa shape index (κ3) is 2.04. The standard InChI is InChI=1S/C15H14N4O4S/c1-9-5-6-16-15-13(9)19(7-8-22-15)24(20,21)14-10(2)3-4-11-12(14)18-23-17-11/h3-6H,7-8H2,1-2H3. The molecule has 0 bridgehead atoms. The molecule has 124 valence electrons. The highest BCUT2D eigenvalue weighted by molar-refractivity contribution is 7.93. The van der Waals surface area contributed by atoms with Crippen LogP contribution in [0.1, 0.15) is 11.1 Å². The quantitative estimate of drug-likeness (QED) is 0.698. The van der Waals surface area contributed by atoms with Gasteiger partial charge in [0, 0.05) is 6.20 Å². The van der Waals surface area contributed by atoms with Crippen LogP contribution in [0.5, 0.6) is 5.88 Å². The number of rotatable bonds is 2. The molecule has 0 spiro atoms. The predicted octanol–water partition coefficient (Wildman–Crippen LogP) is 1.82. The van der Waals surface area contributed by atoms with Gasteiger partial charge in [0.1, 0.15) is 22.7 Å². The summed E-state index contributed by atoms with van der Waals surface area (Å²) in [5.41, 5.74) is 2.43. The van der Waals surface area contributed by atoms with Crippen molar-refractivity contribution in [2.45, 2.75) is 18.7 Å². The molecule has 9 heteroatoms. The maximum atomic E-state index is 13.4. The Morgan fingerprint density at radius 3 is 2.79 bits per heavy atom. The number of hydrogen-bond donors (Lipinski definition) is 0. The van der Waals surface area contributed by atoms with Gasteiger partial charge in [0.15, 0.2) is 5.52 Å². The molecule has 0 unspecified atom stereocenters. The Morgan fingerprint density at radius 2 is 1.96 bits per heavy atom. The minimum Gasteiger partial charge on any atom is -0.474 e. The van der Waals surface area contributed by atoms with Crippen molar-refractivity contribution in [1.82, 2.24) is 15.3 Å². The normalized spacial score (nSPS) is 14.5. The molecule has 0 saturated heterocycles. The van der Waals surface area contributed by atoms with Crippen molar-refractivity contribution in [1.29, 1.82) is 0 Å². The lowest BCUT2D eigenvalue weighted by molar-refractivity contribution is 0.303. The lowest BCUT2D eigenvalue weighted by Gasteiger charge is -2.31. The molecule has 0 radical (unpaired) electrons. The summed E-state index contributed by atoms with van der Waals surface area (Å²) >= 11 is 0. The molecule has 1 aromatic carbocycles. The number of aryl methyl sites for hydroxylation is 2. The van der Waals surface area contributed by atoms with Crippen molar-refractivity contribution in [2.75, 3.05) is 17.5 Å². The number of benzene rings is 1. The molecule has 0 atom stereocenters. The fraction of sp³-hybridized carbons (Fsp3) is 0.267. The Bertz CT molecular complexity index is 1040. The van der Waals surface area contributed by atoms with Crippen molar-refractivity contribution in [2.24, 2.45) is 0 Å². The Labute approximate surface area is 138 Å². The van der Waals surface area contributed by atoms with Crippen molar-refractivity contribution < 1.29 is 17.8 Å². The number of ether oxygens (including phenoxy) is 1. The number of anilines is 1. The fourth-order valence-corrected chi connectivity index (χ4v) is 4.74. The van der Waals surface area contributed by atoms with Crippen molar-refractivity contribution in [3.8, 4) is 5.88 Å². The lowest BCUT2D eigenvalue weighted by atomic mass is 10.2. The molecular formula is C15H14N4O4S. The second kappa shape index (κ2) is 5.17. The molecule has 3 aromatic rings. The largest absolute Gasteiger partial charge is 0.474 e. The number of sulfonamides is 1. The first-order valence-electron chi connectivity index (χ1n) is 7.33. The van der Waals surface area contributed by atoms with E-state index in [0.29, 0.717) is 22.6 Å². The summed E-state index contributed by atoms with van der Waals surface area (Å²) in [5, 5.41) is 7.52. The van der Waals surface area contributed by atoms with Crippen LogP contribution in [-0.2, 0) is 10.0 Å². The molecule has 1 aliphatic heterocycles. The number of fused-ring (bicyclic) bond motifs is 2. The van der Waals surface area contributed by atoms with Gasteiger partial charge in [0.2, 0.25) is 5.88 Å². The second-order valence-corrected chi connectivity index (χ2v) is 7.35. The molecule has 0 N–H and O–H groups in total. The van der Waals surface area contributed by atoms with Crippen LogP contribution in [0.25, 0.3) is 11.0 Å². The first-order valence-corrected chi connectivity index (χ1v) is 8.77. The van der Waals surface area contributed by atoms with E-state index in [9.17, 15) is 8.42 Å². The zero-order valence-corrected chi connectivity index (χ0v) is 13.9. The van der Waals surface area contributed by atoms with Gasteiger partial charge in [0.05, 0.1) is 6.54 Å². The first-order chi connectivity index (χ1) is 11.5. The Hall–Kier alpha value is -2.68. The molecule has 4 rings (SSSR count). The molecule has 2 aromatic heterocycles. The van der Waals surface area contributed by atoms with Crippen molar-refractivity contribution >= 4 is 26.7 Å². The number of pyridine rings is 1. The van der Waals surface area contributed by atoms with E-state index in [2.05, 4.69) is 15.3 Å². The zero-order chi connectivity index (χ0) is 16.9. The monoisotopic (exact) mass is 346 g/mol. The summed E-state index contributed by atoms with van der Waals surface area (Å²) < 4.78 is 38.3. The van der Waals surface area contributed by atoms with Crippen LogP contribution >= 0.6 is 0 Å². The SMILES string of the molecule is Cc1ccnc2c1N(S(=O)(=O)c1c(C)ccc3nonc13)CCO2. The third-order valence-electron chi connectivity index (χ3n) is 4.00. The second-order valence-electron chi connectivity index (χ2n) is 5.55. The van der Waals surface area contributed by atoms with E-state index in [4.69, 9.17) is 9.37 Å². The van der Waals surface area contributed by atoms with E-state index in [1.165, 1.54) is 4.31 Å². The average molecular weight is 346 g/mol. The highest BCUT2D eigenvalue weighted by Crippen LogP contribution is 2.38. The molecule has 3 heterocycles. The van der Waals surface area contributed by atoms with Crippen molar-refractivity contribution in [3.05, 3.63) is 35.5 Å². The van der Waals surface area contributed by atoms with Gasteiger partial charge in [-0.3, -0.25) is 4.31 Å². The van der Waals surface area contributed by atoms with E-state index < -0.39 is 10.0 Å². The van der Waals surface area contributed by atoms with E-state index >= 15 is 0 Å². The molecule has 0 amide bonds. The Balaban J connectivity index is 1.97. The molecule has 0 aliphatic carbocycles. The van der Waals surface area contributed by atoms with Crippen LogP contribution in [0, 0.1) is 13.8 Å². The lowest BCUT2D eigenvalue weighted by Crippen LogP contribution is -2.39. The van der Waals surface area contributed by atoms with Gasteiger partial charge in [-0.2, -0.15) is 0 Å². The minimum atomic E-state index is -3.87. The van der Waals surface area contributed by atoms with Gasteiger partial charge in [-0.1, -0.05) is 6.07 Å². The molecule has 0 fully saturated rings. The number of nitrogens with zero attached hydrogens (tertiary/aromatic N) is 4. The zero-order valence-electron chi connectivity index (χ0n) is 13.1. The summed E-state index contributed by atoms with van der Waals surface area (Å²) in [6.45, 7) is 3.97. The maximum absolute atomic E-state index is 13.4. The van der Waals surface area contributed by atoms with Crippen LogP contribution < -0.4 is 9.04 Å². The van der Waals surface area contributed by atoms with Gasteiger partial charge in [-0.25, -0.2) is 18.0 Å². The van der Waals surface area contributed by atoms with Gasteiger partial charge in [-0.05, 0) is 47.4 Å². The summed E-state index contributed by atoms with van der Waals surface area (Å²) in [6, 6.07) is 5.12. The molecule has 24 heavy (non-hydrogen) atoms. The highest BCUT2D eigenvalue weighted by atomic mass is 32.2. The topological polar surface area (TPSA) is 98.4 Å². The summed E-state index contributed by atoms with van der Waals surface area (Å²) in [6.07, 6.45) is 1.60. The predicted molar refractivity (Wildman–Crippen MR) is 85.5 cm³/mol. The van der Waals surface area contributed by atoms with Gasteiger partial charge < -0.3 is 4.74 Å². The van der Waals surface area contributed by atoms with E-state index in [0.717, 1.165) is 5.56 Å². The molecule has 8 nitrogen and oxygen atoms in total.